The fourth-order valence-corrected chi connectivity index (χ4v) is 3.29. The van der Waals surface area contributed by atoms with Gasteiger partial charge in [0.05, 0.1) is 6.07 Å². The summed E-state index contributed by atoms with van der Waals surface area (Å²) in [5.74, 6) is 0. The summed E-state index contributed by atoms with van der Waals surface area (Å²) < 4.78 is 0. The molecule has 0 amide bonds. The van der Waals surface area contributed by atoms with Crippen molar-refractivity contribution in [3.63, 3.8) is 0 Å². The molecule has 0 bridgehead atoms. The van der Waals surface area contributed by atoms with Crippen molar-refractivity contribution in [1.82, 2.24) is 10.2 Å². The van der Waals surface area contributed by atoms with Crippen molar-refractivity contribution in [2.75, 3.05) is 13.1 Å². The molecule has 3 nitrogen and oxygen atoms in total. The van der Waals surface area contributed by atoms with E-state index in [0.29, 0.717) is 12.1 Å². The number of nitriles is 1. The van der Waals surface area contributed by atoms with Crippen molar-refractivity contribution in [2.45, 2.75) is 77.4 Å². The van der Waals surface area contributed by atoms with Gasteiger partial charge in [0.25, 0.3) is 0 Å². The maximum absolute atomic E-state index is 9.51. The molecule has 3 heteroatoms. The smallest absolute Gasteiger partial charge is 0.108 e. The molecule has 104 valence electrons. The second kappa shape index (κ2) is 7.11. The quantitative estimate of drug-likeness (QED) is 0.789. The van der Waals surface area contributed by atoms with E-state index >= 15 is 0 Å². The molecule has 1 rings (SSSR count). The molecule has 0 radical (unpaired) electrons. The van der Waals surface area contributed by atoms with E-state index in [1.165, 1.54) is 12.8 Å². The number of hydrogen-bond acceptors (Lipinski definition) is 3. The summed E-state index contributed by atoms with van der Waals surface area (Å²) in [5, 5.41) is 12.9. The highest BCUT2D eigenvalue weighted by atomic mass is 15.2. The van der Waals surface area contributed by atoms with Crippen molar-refractivity contribution < 1.29 is 0 Å². The van der Waals surface area contributed by atoms with E-state index in [9.17, 15) is 5.26 Å². The third-order valence-corrected chi connectivity index (χ3v) is 4.07. The standard InChI is InChI=1S/C15H29N3/c1-5-10-18(13(3)4)14-8-7-9-15(11-14,12-16)17-6-2/h13-14,17H,5-11H2,1-4H3. The monoisotopic (exact) mass is 251 g/mol. The van der Waals surface area contributed by atoms with Crippen molar-refractivity contribution in [3.05, 3.63) is 0 Å². The molecule has 1 aliphatic rings. The third kappa shape index (κ3) is 3.70. The molecule has 1 aliphatic carbocycles. The number of hydrogen-bond donors (Lipinski definition) is 1. The molecular weight excluding hydrogens is 222 g/mol. The molecular formula is C15H29N3. The summed E-state index contributed by atoms with van der Waals surface area (Å²) in [6, 6.07) is 3.69. The van der Waals surface area contributed by atoms with Crippen LogP contribution in [0.5, 0.6) is 0 Å². The Balaban J connectivity index is 2.75. The van der Waals surface area contributed by atoms with Crippen LogP contribution in [0.25, 0.3) is 0 Å². The molecule has 1 N–H and O–H groups in total. The summed E-state index contributed by atoms with van der Waals surface area (Å²) in [7, 11) is 0. The van der Waals surface area contributed by atoms with Gasteiger partial charge in [-0.2, -0.15) is 5.26 Å². The Morgan fingerprint density at radius 2 is 2.17 bits per heavy atom. The molecule has 0 saturated heterocycles. The Labute approximate surface area is 113 Å². The van der Waals surface area contributed by atoms with Gasteiger partial charge < -0.3 is 0 Å². The highest BCUT2D eigenvalue weighted by Gasteiger charge is 2.38. The number of rotatable bonds is 6. The van der Waals surface area contributed by atoms with Gasteiger partial charge in [0, 0.05) is 12.1 Å². The van der Waals surface area contributed by atoms with Crippen molar-refractivity contribution in [3.8, 4) is 6.07 Å². The molecule has 2 atom stereocenters. The molecule has 0 spiro atoms. The average molecular weight is 251 g/mol. The van der Waals surface area contributed by atoms with E-state index in [4.69, 9.17) is 0 Å². The molecule has 1 saturated carbocycles. The van der Waals surface area contributed by atoms with E-state index < -0.39 is 0 Å². The summed E-state index contributed by atoms with van der Waals surface area (Å²) in [6.45, 7) is 10.9. The van der Waals surface area contributed by atoms with Crippen LogP contribution in [0.4, 0.5) is 0 Å². The zero-order chi connectivity index (χ0) is 13.6. The van der Waals surface area contributed by atoms with Crippen LogP contribution in [0.2, 0.25) is 0 Å². The van der Waals surface area contributed by atoms with Gasteiger partial charge in [-0.15, -0.1) is 0 Å². The van der Waals surface area contributed by atoms with Gasteiger partial charge in [0.15, 0.2) is 0 Å². The molecule has 1 fully saturated rings. The van der Waals surface area contributed by atoms with Gasteiger partial charge in [-0.05, 0) is 59.0 Å². The Morgan fingerprint density at radius 3 is 2.67 bits per heavy atom. The van der Waals surface area contributed by atoms with Crippen LogP contribution in [0, 0.1) is 11.3 Å². The Hall–Kier alpha value is -0.590. The van der Waals surface area contributed by atoms with Crippen LogP contribution >= 0.6 is 0 Å². The molecule has 0 heterocycles. The molecule has 18 heavy (non-hydrogen) atoms. The SMILES string of the molecule is CCCN(C(C)C)C1CCCC(C#N)(NCC)C1. The fourth-order valence-electron chi connectivity index (χ4n) is 3.29. The fraction of sp³-hybridized carbons (Fsp3) is 0.933. The Kier molecular flexibility index (Phi) is 6.11. The molecule has 0 aliphatic heterocycles. The van der Waals surface area contributed by atoms with Crippen LogP contribution in [0.3, 0.4) is 0 Å². The Morgan fingerprint density at radius 1 is 1.44 bits per heavy atom. The van der Waals surface area contributed by atoms with Crippen LogP contribution in [-0.2, 0) is 0 Å². The van der Waals surface area contributed by atoms with Gasteiger partial charge in [-0.1, -0.05) is 13.8 Å². The summed E-state index contributed by atoms with van der Waals surface area (Å²) in [5.41, 5.74) is -0.279. The largest absolute Gasteiger partial charge is 0.300 e. The highest BCUT2D eigenvalue weighted by molar-refractivity contribution is 5.11. The average Bonchev–Trinajstić information content (AvgIpc) is 2.36. The molecule has 0 aromatic rings. The first-order valence-corrected chi connectivity index (χ1v) is 7.50. The van der Waals surface area contributed by atoms with Crippen LogP contribution < -0.4 is 5.32 Å². The maximum atomic E-state index is 9.51. The van der Waals surface area contributed by atoms with Gasteiger partial charge in [0.1, 0.15) is 5.54 Å². The first-order chi connectivity index (χ1) is 8.58. The molecule has 0 aromatic heterocycles. The highest BCUT2D eigenvalue weighted by Crippen LogP contribution is 2.31. The molecule has 0 aromatic carbocycles. The second-order valence-corrected chi connectivity index (χ2v) is 5.81. The van der Waals surface area contributed by atoms with E-state index in [0.717, 1.165) is 32.4 Å². The minimum Gasteiger partial charge on any atom is -0.300 e. The van der Waals surface area contributed by atoms with Crippen molar-refractivity contribution >= 4 is 0 Å². The zero-order valence-electron chi connectivity index (χ0n) is 12.5. The van der Waals surface area contributed by atoms with Crippen LogP contribution in [0.1, 0.15) is 59.8 Å². The topological polar surface area (TPSA) is 39.1 Å². The maximum Gasteiger partial charge on any atom is 0.108 e. The number of nitrogens with zero attached hydrogens (tertiary/aromatic N) is 2. The minimum atomic E-state index is -0.279. The lowest BCUT2D eigenvalue weighted by Gasteiger charge is -2.43. The predicted octanol–water partition coefficient (Wildman–Crippen LogP) is 2.92. The first-order valence-electron chi connectivity index (χ1n) is 7.50. The van der Waals surface area contributed by atoms with Crippen LogP contribution in [-0.4, -0.2) is 35.6 Å². The molecule has 2 unspecified atom stereocenters. The normalized spacial score (nSPS) is 28.6. The summed E-state index contributed by atoms with van der Waals surface area (Å²) >= 11 is 0. The van der Waals surface area contributed by atoms with E-state index in [1.807, 2.05) is 0 Å². The first kappa shape index (κ1) is 15.5. The van der Waals surface area contributed by atoms with Crippen molar-refractivity contribution in [2.24, 2.45) is 0 Å². The van der Waals surface area contributed by atoms with Gasteiger partial charge in [0.2, 0.25) is 0 Å². The predicted molar refractivity (Wildman–Crippen MR) is 76.4 cm³/mol. The lowest BCUT2D eigenvalue weighted by Crippen LogP contribution is -2.54. The van der Waals surface area contributed by atoms with E-state index in [1.54, 1.807) is 0 Å². The zero-order valence-corrected chi connectivity index (χ0v) is 12.5. The van der Waals surface area contributed by atoms with E-state index in [2.05, 4.69) is 44.0 Å². The van der Waals surface area contributed by atoms with Gasteiger partial charge in [-0.25, -0.2) is 0 Å². The third-order valence-electron chi connectivity index (χ3n) is 4.07. The van der Waals surface area contributed by atoms with Gasteiger partial charge >= 0.3 is 0 Å². The number of nitrogens with one attached hydrogen (secondary N) is 1. The summed E-state index contributed by atoms with van der Waals surface area (Å²) in [4.78, 5) is 2.59. The lowest BCUT2D eigenvalue weighted by molar-refractivity contribution is 0.0927. The minimum absolute atomic E-state index is 0.279. The van der Waals surface area contributed by atoms with Gasteiger partial charge in [-0.3, -0.25) is 10.2 Å². The summed E-state index contributed by atoms with van der Waals surface area (Å²) in [6.07, 6.45) is 5.59. The van der Waals surface area contributed by atoms with Crippen molar-refractivity contribution in [1.29, 1.82) is 5.26 Å². The van der Waals surface area contributed by atoms with Crippen LogP contribution in [0.15, 0.2) is 0 Å². The van der Waals surface area contributed by atoms with E-state index in [-0.39, 0.29) is 5.54 Å². The lowest BCUT2D eigenvalue weighted by atomic mass is 9.79. The second-order valence-electron chi connectivity index (χ2n) is 5.81. The Bertz CT molecular complexity index is 278.